The number of carbonyl (C=O) groups is 2. The van der Waals surface area contributed by atoms with Gasteiger partial charge in [-0.3, -0.25) is 9.78 Å². The molecule has 0 fully saturated rings. The van der Waals surface area contributed by atoms with E-state index in [4.69, 9.17) is 18.6 Å². The number of nitrogens with zero attached hydrogens (tertiary/aromatic N) is 1. The number of rotatable bonds is 8. The second-order valence-electron chi connectivity index (χ2n) is 12.8. The second kappa shape index (κ2) is 11.5. The molecule has 41 heavy (non-hydrogen) atoms. The molecule has 2 N–H and O–H groups in total. The number of carbonyl (C=O) groups excluding carboxylic acids is 1. The Balaban J connectivity index is 2.49. The summed E-state index contributed by atoms with van der Waals surface area (Å²) in [6.07, 6.45) is 0.372. The lowest BCUT2D eigenvalue weighted by Gasteiger charge is -2.32. The van der Waals surface area contributed by atoms with E-state index >= 15 is 0 Å². The Morgan fingerprint density at radius 1 is 0.976 bits per heavy atom. The van der Waals surface area contributed by atoms with Crippen LogP contribution in [0.1, 0.15) is 95.0 Å². The van der Waals surface area contributed by atoms with Crippen LogP contribution in [0.3, 0.4) is 0 Å². The molecule has 222 valence electrons. The summed E-state index contributed by atoms with van der Waals surface area (Å²) in [4.78, 5) is 43.2. The molecular weight excluding hydrogens is 524 g/mol. The standard InChI is InChI=1S/C32H42N2O7/c1-11-22-25(32(10,27(35)36)26-19(3)39-29(38)40-26)24(20-14-12-18(2)13-15-20)21(23(34-22)16-30(4,5)6)17-33-28(37)41-31(7,8)9/h12-15H,11,16-17H2,1-10H3,(H,33,37)(H,35,36). The molecule has 0 bridgehead atoms. The van der Waals surface area contributed by atoms with Crippen LogP contribution in [-0.2, 0) is 34.3 Å². The number of benzene rings is 1. The molecule has 0 radical (unpaired) electrons. The molecule has 0 spiro atoms. The van der Waals surface area contributed by atoms with Crippen LogP contribution >= 0.6 is 0 Å². The highest BCUT2D eigenvalue weighted by molar-refractivity contribution is 5.90. The van der Waals surface area contributed by atoms with Crippen molar-refractivity contribution in [3.05, 3.63) is 74.5 Å². The number of alkyl carbamates (subject to hydrolysis) is 1. The van der Waals surface area contributed by atoms with Crippen LogP contribution in [0.5, 0.6) is 0 Å². The molecular formula is C32H42N2O7. The molecule has 0 aliphatic rings. The van der Waals surface area contributed by atoms with Gasteiger partial charge in [0.15, 0.2) is 11.2 Å². The summed E-state index contributed by atoms with van der Waals surface area (Å²) >= 11 is 0. The molecule has 3 rings (SSSR count). The summed E-state index contributed by atoms with van der Waals surface area (Å²) in [6.45, 7) is 18.5. The van der Waals surface area contributed by atoms with Crippen molar-refractivity contribution in [1.29, 1.82) is 0 Å². The lowest BCUT2D eigenvalue weighted by atomic mass is 9.72. The SMILES string of the molecule is CCc1nc(CC(C)(C)C)c(CNC(=O)OC(C)(C)C)c(-c2ccc(C)cc2)c1C(C)(C(=O)O)c1oc(=O)oc1C. The van der Waals surface area contributed by atoms with E-state index in [9.17, 15) is 19.5 Å². The highest BCUT2D eigenvalue weighted by Gasteiger charge is 2.47. The van der Waals surface area contributed by atoms with Crippen molar-refractivity contribution in [2.24, 2.45) is 5.41 Å². The number of aryl methyl sites for hydroxylation is 3. The zero-order valence-electron chi connectivity index (χ0n) is 25.8. The molecule has 1 aromatic carbocycles. The minimum absolute atomic E-state index is 0.0392. The van der Waals surface area contributed by atoms with Crippen LogP contribution in [0, 0.1) is 19.3 Å². The number of nitrogens with one attached hydrogen (secondary N) is 1. The molecule has 1 atom stereocenters. The molecule has 0 saturated carbocycles. The van der Waals surface area contributed by atoms with E-state index in [-0.39, 0.29) is 23.5 Å². The van der Waals surface area contributed by atoms with Gasteiger partial charge in [-0.1, -0.05) is 57.5 Å². The van der Waals surface area contributed by atoms with Crippen LogP contribution in [-0.4, -0.2) is 27.8 Å². The van der Waals surface area contributed by atoms with Gasteiger partial charge in [-0.2, -0.15) is 0 Å². The number of pyridine rings is 1. The van der Waals surface area contributed by atoms with Crippen LogP contribution in [0.15, 0.2) is 37.9 Å². The number of hydrogen-bond donors (Lipinski definition) is 2. The third kappa shape index (κ3) is 7.07. The summed E-state index contributed by atoms with van der Waals surface area (Å²) in [5.41, 5.74) is 2.00. The quantitative estimate of drug-likeness (QED) is 0.317. The van der Waals surface area contributed by atoms with E-state index in [2.05, 4.69) is 26.1 Å². The molecule has 2 aromatic heterocycles. The van der Waals surface area contributed by atoms with Crippen molar-refractivity contribution >= 4 is 12.1 Å². The topological polar surface area (TPSA) is 132 Å². The Morgan fingerprint density at radius 2 is 1.59 bits per heavy atom. The first kappa shape index (κ1) is 31.6. The lowest BCUT2D eigenvalue weighted by molar-refractivity contribution is -0.142. The Morgan fingerprint density at radius 3 is 2.05 bits per heavy atom. The van der Waals surface area contributed by atoms with Crippen molar-refractivity contribution in [3.8, 4) is 11.1 Å². The van der Waals surface area contributed by atoms with Crippen LogP contribution in [0.25, 0.3) is 11.1 Å². The average molecular weight is 567 g/mol. The normalized spacial score (nSPS) is 13.5. The zero-order valence-corrected chi connectivity index (χ0v) is 25.8. The molecule has 9 heteroatoms. The first-order chi connectivity index (χ1) is 18.9. The minimum atomic E-state index is -1.84. The minimum Gasteiger partial charge on any atom is -0.480 e. The van der Waals surface area contributed by atoms with Gasteiger partial charge in [0, 0.05) is 29.1 Å². The predicted molar refractivity (Wildman–Crippen MR) is 156 cm³/mol. The van der Waals surface area contributed by atoms with Crippen LogP contribution in [0.4, 0.5) is 4.79 Å². The van der Waals surface area contributed by atoms with Crippen molar-refractivity contribution in [1.82, 2.24) is 10.3 Å². The highest BCUT2D eigenvalue weighted by Crippen LogP contribution is 2.44. The Kier molecular flexibility index (Phi) is 8.91. The predicted octanol–water partition coefficient (Wildman–Crippen LogP) is 6.48. The summed E-state index contributed by atoms with van der Waals surface area (Å²) < 4.78 is 16.0. The van der Waals surface area contributed by atoms with Gasteiger partial charge in [0.25, 0.3) is 0 Å². The second-order valence-corrected chi connectivity index (χ2v) is 12.8. The molecule has 9 nitrogen and oxygen atoms in total. The van der Waals surface area contributed by atoms with E-state index in [0.29, 0.717) is 35.2 Å². The first-order valence-corrected chi connectivity index (χ1v) is 13.8. The van der Waals surface area contributed by atoms with Crippen LogP contribution < -0.4 is 11.1 Å². The van der Waals surface area contributed by atoms with Gasteiger partial charge in [-0.05, 0) is 70.9 Å². The van der Waals surface area contributed by atoms with Gasteiger partial charge in [-0.25, -0.2) is 9.59 Å². The number of carboxylic acid groups (broad SMARTS) is 1. The van der Waals surface area contributed by atoms with E-state index in [1.807, 2.05) is 38.1 Å². The summed E-state index contributed by atoms with van der Waals surface area (Å²) in [6, 6.07) is 7.74. The molecule has 1 amide bonds. The van der Waals surface area contributed by atoms with Gasteiger partial charge in [-0.15, -0.1) is 0 Å². The number of carboxylic acids is 1. The maximum Gasteiger partial charge on any atom is 0.519 e. The maximum atomic E-state index is 13.2. The number of aliphatic carboxylic acids is 1. The fourth-order valence-electron chi connectivity index (χ4n) is 4.99. The lowest BCUT2D eigenvalue weighted by Crippen LogP contribution is -2.38. The molecule has 2 heterocycles. The van der Waals surface area contributed by atoms with Gasteiger partial charge < -0.3 is 24.0 Å². The summed E-state index contributed by atoms with van der Waals surface area (Å²) in [7, 11) is 0. The van der Waals surface area contributed by atoms with Crippen molar-refractivity contribution in [3.63, 3.8) is 0 Å². The third-order valence-electron chi connectivity index (χ3n) is 6.76. The van der Waals surface area contributed by atoms with Gasteiger partial charge in [0.05, 0.1) is 0 Å². The monoisotopic (exact) mass is 566 g/mol. The number of ether oxygens (including phenoxy) is 1. The van der Waals surface area contributed by atoms with E-state index in [0.717, 1.165) is 16.8 Å². The number of aromatic nitrogens is 1. The largest absolute Gasteiger partial charge is 0.519 e. The van der Waals surface area contributed by atoms with Gasteiger partial charge in [0.2, 0.25) is 0 Å². The zero-order chi connectivity index (χ0) is 30.9. The van der Waals surface area contributed by atoms with E-state index in [1.165, 1.54) is 13.8 Å². The molecule has 1 unspecified atom stereocenters. The highest BCUT2D eigenvalue weighted by atomic mass is 16.6. The van der Waals surface area contributed by atoms with E-state index in [1.54, 1.807) is 20.8 Å². The Hall–Kier alpha value is -3.88. The fourth-order valence-corrected chi connectivity index (χ4v) is 4.99. The van der Waals surface area contributed by atoms with Gasteiger partial charge in [0.1, 0.15) is 11.4 Å². The molecule has 3 aromatic rings. The van der Waals surface area contributed by atoms with Crippen LogP contribution in [0.2, 0.25) is 0 Å². The average Bonchev–Trinajstić information content (AvgIpc) is 3.18. The van der Waals surface area contributed by atoms with Crippen molar-refractivity contribution in [2.75, 3.05) is 0 Å². The summed E-state index contributed by atoms with van der Waals surface area (Å²) in [5, 5.41) is 13.6. The third-order valence-corrected chi connectivity index (χ3v) is 6.76. The maximum absolute atomic E-state index is 13.2. The number of amides is 1. The fraction of sp³-hybridized carbons (Fsp3) is 0.500. The Labute approximate surface area is 241 Å². The molecule has 0 aliphatic heterocycles. The van der Waals surface area contributed by atoms with E-state index < -0.39 is 28.9 Å². The first-order valence-electron chi connectivity index (χ1n) is 13.8. The number of hydrogen-bond acceptors (Lipinski definition) is 7. The summed E-state index contributed by atoms with van der Waals surface area (Å²) in [5.74, 6) is -2.24. The molecule has 0 aliphatic carbocycles. The molecule has 0 saturated heterocycles. The van der Waals surface area contributed by atoms with Crippen molar-refractivity contribution in [2.45, 2.75) is 99.6 Å². The smallest absolute Gasteiger partial charge is 0.480 e. The van der Waals surface area contributed by atoms with Crippen molar-refractivity contribution < 1.29 is 28.3 Å². The Bertz CT molecular complexity index is 1480. The van der Waals surface area contributed by atoms with Gasteiger partial charge >= 0.3 is 17.9 Å².